The predicted molar refractivity (Wildman–Crippen MR) is 83.1 cm³/mol. The average Bonchev–Trinajstić information content (AvgIpc) is 3.03. The zero-order valence-corrected chi connectivity index (χ0v) is 13.2. The lowest BCUT2D eigenvalue weighted by atomic mass is 9.97. The summed E-state index contributed by atoms with van der Waals surface area (Å²) in [7, 11) is 0. The number of nitrogen functional groups attached to an aromatic ring is 1. The maximum Gasteiger partial charge on any atom is 0.216 e. The van der Waals surface area contributed by atoms with Crippen molar-refractivity contribution >= 4 is 33.3 Å². The van der Waals surface area contributed by atoms with Crippen molar-refractivity contribution in [3.8, 4) is 0 Å². The standard InChI is InChI=1S/C13H14N6S2/c1-7-17-18-13(19(7)14)21-12-10-8-4-2-3-5-9(8)20-11(10)15-6-16-12/h6H,2-5,14H2,1H3. The predicted octanol–water partition coefficient (Wildman–Crippen LogP) is 2.34. The van der Waals surface area contributed by atoms with Crippen molar-refractivity contribution in [2.75, 3.05) is 5.84 Å². The number of rotatable bonds is 2. The number of nitrogens with two attached hydrogens (primary N) is 1. The number of thiophene rings is 1. The molecular weight excluding hydrogens is 304 g/mol. The molecule has 0 bridgehead atoms. The van der Waals surface area contributed by atoms with E-state index in [9.17, 15) is 0 Å². The van der Waals surface area contributed by atoms with Crippen LogP contribution in [-0.2, 0) is 12.8 Å². The summed E-state index contributed by atoms with van der Waals surface area (Å²) < 4.78 is 1.50. The first kappa shape index (κ1) is 13.0. The number of aromatic nitrogens is 5. The highest BCUT2D eigenvalue weighted by Gasteiger charge is 2.21. The van der Waals surface area contributed by atoms with Gasteiger partial charge in [-0.2, -0.15) is 0 Å². The molecule has 3 heterocycles. The van der Waals surface area contributed by atoms with Gasteiger partial charge in [-0.05, 0) is 49.9 Å². The zero-order chi connectivity index (χ0) is 14.4. The molecule has 4 rings (SSSR count). The average molecular weight is 318 g/mol. The third kappa shape index (κ3) is 2.09. The molecule has 21 heavy (non-hydrogen) atoms. The molecule has 3 aromatic rings. The minimum atomic E-state index is 0.656. The van der Waals surface area contributed by atoms with Crippen LogP contribution in [0.4, 0.5) is 0 Å². The van der Waals surface area contributed by atoms with Crippen LogP contribution in [-0.4, -0.2) is 24.8 Å². The van der Waals surface area contributed by atoms with Crippen LogP contribution in [0, 0.1) is 6.92 Å². The Hall–Kier alpha value is -1.67. The van der Waals surface area contributed by atoms with Crippen LogP contribution in [0.3, 0.4) is 0 Å². The fourth-order valence-electron chi connectivity index (χ4n) is 2.64. The van der Waals surface area contributed by atoms with Gasteiger partial charge in [-0.3, -0.25) is 0 Å². The molecule has 2 N–H and O–H groups in total. The number of hydrogen-bond donors (Lipinski definition) is 1. The largest absolute Gasteiger partial charge is 0.336 e. The van der Waals surface area contributed by atoms with Crippen LogP contribution in [0.5, 0.6) is 0 Å². The lowest BCUT2D eigenvalue weighted by Crippen LogP contribution is -2.11. The van der Waals surface area contributed by atoms with Crippen molar-refractivity contribution in [3.63, 3.8) is 0 Å². The fraction of sp³-hybridized carbons (Fsp3) is 0.385. The lowest BCUT2D eigenvalue weighted by molar-refractivity contribution is 0.699. The van der Waals surface area contributed by atoms with E-state index in [2.05, 4.69) is 20.2 Å². The highest BCUT2D eigenvalue weighted by molar-refractivity contribution is 7.99. The zero-order valence-electron chi connectivity index (χ0n) is 11.5. The lowest BCUT2D eigenvalue weighted by Gasteiger charge is -2.11. The third-order valence-corrected chi connectivity index (χ3v) is 5.90. The van der Waals surface area contributed by atoms with E-state index in [1.807, 2.05) is 6.92 Å². The number of nitrogens with zero attached hydrogens (tertiary/aromatic N) is 5. The Morgan fingerprint density at radius 2 is 2.10 bits per heavy atom. The molecule has 0 aromatic carbocycles. The van der Waals surface area contributed by atoms with E-state index in [-0.39, 0.29) is 0 Å². The van der Waals surface area contributed by atoms with E-state index in [1.165, 1.54) is 45.1 Å². The summed E-state index contributed by atoms with van der Waals surface area (Å²) >= 11 is 3.26. The Balaban J connectivity index is 1.85. The minimum Gasteiger partial charge on any atom is -0.336 e. The van der Waals surface area contributed by atoms with Gasteiger partial charge in [0.25, 0.3) is 0 Å². The summed E-state index contributed by atoms with van der Waals surface area (Å²) in [6.07, 6.45) is 6.41. The molecule has 1 aliphatic carbocycles. The highest BCUT2D eigenvalue weighted by Crippen LogP contribution is 2.40. The van der Waals surface area contributed by atoms with Crippen LogP contribution in [0.1, 0.15) is 29.1 Å². The van der Waals surface area contributed by atoms with Gasteiger partial charge in [-0.1, -0.05) is 0 Å². The second-order valence-corrected chi connectivity index (χ2v) is 7.11. The van der Waals surface area contributed by atoms with Crippen LogP contribution in [0.15, 0.2) is 16.5 Å². The second kappa shape index (κ2) is 4.96. The van der Waals surface area contributed by atoms with Gasteiger partial charge < -0.3 is 5.84 Å². The van der Waals surface area contributed by atoms with E-state index in [0.29, 0.717) is 11.0 Å². The second-order valence-electron chi connectivity index (χ2n) is 5.07. The van der Waals surface area contributed by atoms with Crippen molar-refractivity contribution < 1.29 is 0 Å². The molecule has 0 fully saturated rings. The van der Waals surface area contributed by atoms with E-state index in [4.69, 9.17) is 5.84 Å². The van der Waals surface area contributed by atoms with Crippen molar-refractivity contribution in [1.82, 2.24) is 24.8 Å². The molecule has 6 nitrogen and oxygen atoms in total. The summed E-state index contributed by atoms with van der Waals surface area (Å²) in [6, 6.07) is 0. The molecule has 108 valence electrons. The smallest absolute Gasteiger partial charge is 0.216 e. The van der Waals surface area contributed by atoms with Crippen molar-refractivity contribution in [2.24, 2.45) is 0 Å². The van der Waals surface area contributed by atoms with Crippen LogP contribution < -0.4 is 5.84 Å². The Morgan fingerprint density at radius 1 is 1.24 bits per heavy atom. The molecule has 0 atom stereocenters. The minimum absolute atomic E-state index is 0.656. The van der Waals surface area contributed by atoms with Crippen LogP contribution >= 0.6 is 23.1 Å². The molecular formula is C13H14N6S2. The molecule has 0 amide bonds. The molecule has 0 saturated heterocycles. The molecule has 3 aromatic heterocycles. The molecule has 0 radical (unpaired) electrons. The van der Waals surface area contributed by atoms with E-state index in [1.54, 1.807) is 17.7 Å². The van der Waals surface area contributed by atoms with Gasteiger partial charge >= 0.3 is 0 Å². The molecule has 8 heteroatoms. The van der Waals surface area contributed by atoms with Gasteiger partial charge in [0.15, 0.2) is 0 Å². The topological polar surface area (TPSA) is 82.5 Å². The van der Waals surface area contributed by atoms with Gasteiger partial charge in [-0.15, -0.1) is 21.5 Å². The summed E-state index contributed by atoms with van der Waals surface area (Å²) in [6.45, 7) is 1.83. The Morgan fingerprint density at radius 3 is 2.90 bits per heavy atom. The van der Waals surface area contributed by atoms with Gasteiger partial charge in [0.2, 0.25) is 5.16 Å². The number of aryl methyl sites for hydroxylation is 3. The SMILES string of the molecule is Cc1nnc(Sc2ncnc3sc4c(c23)CCCC4)n1N. The van der Waals surface area contributed by atoms with Gasteiger partial charge in [0, 0.05) is 10.3 Å². The normalized spacial score (nSPS) is 14.5. The molecule has 0 saturated carbocycles. The first-order valence-electron chi connectivity index (χ1n) is 6.84. The molecule has 0 spiro atoms. The number of fused-ring (bicyclic) bond motifs is 3. The van der Waals surface area contributed by atoms with Crippen molar-refractivity contribution in [2.45, 2.75) is 42.8 Å². The third-order valence-electron chi connectivity index (χ3n) is 3.74. The van der Waals surface area contributed by atoms with Crippen LogP contribution in [0.25, 0.3) is 10.2 Å². The van der Waals surface area contributed by atoms with Crippen molar-refractivity contribution in [3.05, 3.63) is 22.6 Å². The summed E-state index contributed by atoms with van der Waals surface area (Å²) in [5, 5.41) is 10.9. The molecule has 0 unspecified atom stereocenters. The van der Waals surface area contributed by atoms with E-state index in [0.717, 1.165) is 22.7 Å². The van der Waals surface area contributed by atoms with Gasteiger partial charge in [0.05, 0.1) is 0 Å². The fourth-order valence-corrected chi connectivity index (χ4v) is 4.84. The Labute approximate surface area is 129 Å². The molecule has 0 aliphatic heterocycles. The van der Waals surface area contributed by atoms with Gasteiger partial charge in [-0.25, -0.2) is 14.6 Å². The monoisotopic (exact) mass is 318 g/mol. The highest BCUT2D eigenvalue weighted by atomic mass is 32.2. The Bertz CT molecular complexity index is 822. The Kier molecular flexibility index (Phi) is 3.07. The summed E-state index contributed by atoms with van der Waals surface area (Å²) in [4.78, 5) is 11.4. The van der Waals surface area contributed by atoms with Gasteiger partial charge in [0.1, 0.15) is 22.0 Å². The van der Waals surface area contributed by atoms with E-state index < -0.39 is 0 Å². The van der Waals surface area contributed by atoms with Crippen molar-refractivity contribution in [1.29, 1.82) is 0 Å². The quantitative estimate of drug-likeness (QED) is 0.577. The van der Waals surface area contributed by atoms with E-state index >= 15 is 0 Å². The van der Waals surface area contributed by atoms with Crippen LogP contribution in [0.2, 0.25) is 0 Å². The summed E-state index contributed by atoms with van der Waals surface area (Å²) in [5.41, 5.74) is 1.42. The first-order valence-corrected chi connectivity index (χ1v) is 8.47. The summed E-state index contributed by atoms with van der Waals surface area (Å²) in [5.74, 6) is 6.63. The maximum atomic E-state index is 5.94. The first-order chi connectivity index (χ1) is 10.2. The number of hydrogen-bond acceptors (Lipinski definition) is 7. The maximum absolute atomic E-state index is 5.94. The molecule has 1 aliphatic rings.